The summed E-state index contributed by atoms with van der Waals surface area (Å²) in [6, 6.07) is 12.0. The van der Waals surface area contributed by atoms with Crippen LogP contribution in [-0.4, -0.2) is 59.9 Å². The molecule has 2 atom stereocenters. The van der Waals surface area contributed by atoms with E-state index in [1.807, 2.05) is 64.1 Å². The second kappa shape index (κ2) is 13.2. The van der Waals surface area contributed by atoms with Crippen LogP contribution in [0.15, 0.2) is 48.6 Å². The first-order chi connectivity index (χ1) is 18.3. The molecule has 2 amide bonds. The van der Waals surface area contributed by atoms with E-state index in [1.54, 1.807) is 0 Å². The molecule has 2 N–H and O–H groups in total. The topological polar surface area (TPSA) is 64.7 Å². The number of aryl methyl sites for hydroxylation is 4. The lowest BCUT2D eigenvalue weighted by molar-refractivity contribution is -0.123. The zero-order chi connectivity index (χ0) is 27.1. The van der Waals surface area contributed by atoms with Gasteiger partial charge >= 0.3 is 0 Å². The van der Waals surface area contributed by atoms with Gasteiger partial charge in [0.15, 0.2) is 0 Å². The van der Waals surface area contributed by atoms with Gasteiger partial charge in [0.25, 0.3) is 0 Å². The van der Waals surface area contributed by atoms with E-state index in [0.29, 0.717) is 0 Å². The van der Waals surface area contributed by atoms with Gasteiger partial charge in [0.1, 0.15) is 0 Å². The highest BCUT2D eigenvalue weighted by atomic mass is 16.2. The average molecular weight is 517 g/mol. The van der Waals surface area contributed by atoms with Crippen molar-refractivity contribution in [2.75, 3.05) is 36.8 Å². The van der Waals surface area contributed by atoms with E-state index in [0.717, 1.165) is 98.3 Å². The quantitative estimate of drug-likeness (QED) is 0.438. The molecule has 2 heterocycles. The van der Waals surface area contributed by atoms with Crippen molar-refractivity contribution in [3.05, 3.63) is 70.8 Å². The lowest BCUT2D eigenvalue weighted by Crippen LogP contribution is -2.48. The molecule has 2 saturated heterocycles. The third-order valence-corrected chi connectivity index (χ3v) is 8.14. The molecule has 2 aliphatic heterocycles. The Morgan fingerprint density at radius 1 is 0.684 bits per heavy atom. The zero-order valence-electron chi connectivity index (χ0n) is 23.6. The summed E-state index contributed by atoms with van der Waals surface area (Å²) in [5.41, 5.74) is 6.26. The van der Waals surface area contributed by atoms with Crippen LogP contribution in [0.5, 0.6) is 0 Å². The summed E-state index contributed by atoms with van der Waals surface area (Å²) in [5.74, 6) is 0.185. The minimum Gasteiger partial charge on any atom is -0.324 e. The predicted molar refractivity (Wildman–Crippen MR) is 157 cm³/mol. The number of benzene rings is 2. The number of nitrogens with one attached hydrogen (secondary N) is 2. The van der Waals surface area contributed by atoms with Crippen molar-refractivity contribution in [1.29, 1.82) is 0 Å². The smallest absolute Gasteiger partial charge is 0.241 e. The van der Waals surface area contributed by atoms with E-state index in [4.69, 9.17) is 0 Å². The molecule has 0 spiro atoms. The van der Waals surface area contributed by atoms with Gasteiger partial charge in [0, 0.05) is 24.5 Å². The standard InChI is InChI=1S/C32H44N4O2/c1-23-13-11-14-24(2)29(23)33-31(37)27-17-5-7-19-35(27)21-9-10-22-36-20-8-6-18-28(36)32(38)34-30-25(3)15-12-16-26(30)4/h9-16,27-28H,5-8,17-22H2,1-4H3,(H,33,37)(H,34,38)/b10-9+. The Hall–Kier alpha value is -2.96. The molecular weight excluding hydrogens is 472 g/mol. The summed E-state index contributed by atoms with van der Waals surface area (Å²) < 4.78 is 0. The van der Waals surface area contributed by atoms with Crippen molar-refractivity contribution in [3.8, 4) is 0 Å². The Balaban J connectivity index is 1.34. The van der Waals surface area contributed by atoms with Crippen LogP contribution >= 0.6 is 0 Å². The monoisotopic (exact) mass is 516 g/mol. The molecule has 2 fully saturated rings. The summed E-state index contributed by atoms with van der Waals surface area (Å²) in [5, 5.41) is 6.42. The first kappa shape index (κ1) is 28.1. The number of hydrogen-bond acceptors (Lipinski definition) is 4. The number of amides is 2. The number of rotatable bonds is 8. The van der Waals surface area contributed by atoms with E-state index in [2.05, 4.69) is 32.6 Å². The SMILES string of the molecule is Cc1cccc(C)c1NC(=O)C1CCCCN1C/C=C/CN1CCCCC1C(=O)Nc1c(C)cccc1C. The number of carbonyl (C=O) groups is 2. The Labute approximate surface area is 228 Å². The van der Waals surface area contributed by atoms with Gasteiger partial charge in [-0.05, 0) is 88.7 Å². The molecule has 2 aliphatic rings. The van der Waals surface area contributed by atoms with Gasteiger partial charge in [-0.2, -0.15) is 0 Å². The lowest BCUT2D eigenvalue weighted by Gasteiger charge is -2.35. The van der Waals surface area contributed by atoms with Gasteiger partial charge in [0.05, 0.1) is 12.1 Å². The fourth-order valence-electron chi connectivity index (χ4n) is 5.87. The molecule has 0 saturated carbocycles. The molecule has 0 aliphatic carbocycles. The molecular formula is C32H44N4O2. The van der Waals surface area contributed by atoms with Gasteiger partial charge < -0.3 is 10.6 Å². The van der Waals surface area contributed by atoms with Crippen LogP contribution in [-0.2, 0) is 9.59 Å². The van der Waals surface area contributed by atoms with Gasteiger partial charge in [-0.1, -0.05) is 61.4 Å². The van der Waals surface area contributed by atoms with Crippen molar-refractivity contribution < 1.29 is 9.59 Å². The first-order valence-corrected chi connectivity index (χ1v) is 14.2. The highest BCUT2D eigenvalue weighted by molar-refractivity contribution is 5.97. The number of para-hydroxylation sites is 2. The summed E-state index contributed by atoms with van der Waals surface area (Å²) in [7, 11) is 0. The van der Waals surface area contributed by atoms with Gasteiger partial charge in [-0.3, -0.25) is 19.4 Å². The highest BCUT2D eigenvalue weighted by Gasteiger charge is 2.30. The van der Waals surface area contributed by atoms with Crippen LogP contribution in [0, 0.1) is 27.7 Å². The maximum atomic E-state index is 13.2. The number of anilines is 2. The number of likely N-dealkylation sites (tertiary alicyclic amines) is 2. The minimum absolute atomic E-state index is 0.0924. The lowest BCUT2D eigenvalue weighted by atomic mass is 10.00. The maximum Gasteiger partial charge on any atom is 0.241 e. The largest absolute Gasteiger partial charge is 0.324 e. The van der Waals surface area contributed by atoms with E-state index in [9.17, 15) is 9.59 Å². The first-order valence-electron chi connectivity index (χ1n) is 14.2. The van der Waals surface area contributed by atoms with E-state index < -0.39 is 0 Å². The van der Waals surface area contributed by atoms with Gasteiger partial charge in [-0.15, -0.1) is 0 Å². The minimum atomic E-state index is -0.113. The summed E-state index contributed by atoms with van der Waals surface area (Å²) in [6.45, 7) is 11.5. The molecule has 0 aromatic heterocycles. The van der Waals surface area contributed by atoms with Gasteiger partial charge in [0.2, 0.25) is 11.8 Å². The van der Waals surface area contributed by atoms with Crippen molar-refractivity contribution >= 4 is 23.2 Å². The number of hydrogen-bond donors (Lipinski definition) is 2. The molecule has 38 heavy (non-hydrogen) atoms. The second-order valence-electron chi connectivity index (χ2n) is 11.0. The van der Waals surface area contributed by atoms with Crippen molar-refractivity contribution in [3.63, 3.8) is 0 Å². The number of nitrogens with zero attached hydrogens (tertiary/aromatic N) is 2. The summed E-state index contributed by atoms with van der Waals surface area (Å²) in [4.78, 5) is 31.1. The molecule has 2 aromatic rings. The molecule has 204 valence electrons. The Morgan fingerprint density at radius 2 is 1.05 bits per heavy atom. The summed E-state index contributed by atoms with van der Waals surface area (Å²) in [6.07, 6.45) is 10.5. The fraction of sp³-hybridized carbons (Fsp3) is 0.500. The second-order valence-corrected chi connectivity index (χ2v) is 11.0. The molecule has 0 radical (unpaired) electrons. The molecule has 2 aromatic carbocycles. The fourth-order valence-corrected chi connectivity index (χ4v) is 5.87. The van der Waals surface area contributed by atoms with Crippen LogP contribution in [0.1, 0.15) is 60.8 Å². The third-order valence-electron chi connectivity index (χ3n) is 8.14. The van der Waals surface area contributed by atoms with E-state index >= 15 is 0 Å². The van der Waals surface area contributed by atoms with Crippen molar-refractivity contribution in [2.24, 2.45) is 0 Å². The third kappa shape index (κ3) is 6.91. The van der Waals surface area contributed by atoms with E-state index in [-0.39, 0.29) is 23.9 Å². The predicted octanol–water partition coefficient (Wildman–Crippen LogP) is 5.76. The molecule has 2 unspecified atom stereocenters. The Bertz CT molecular complexity index is 1030. The van der Waals surface area contributed by atoms with Crippen LogP contribution in [0.4, 0.5) is 11.4 Å². The van der Waals surface area contributed by atoms with E-state index in [1.165, 1.54) is 0 Å². The zero-order valence-corrected chi connectivity index (χ0v) is 23.6. The molecule has 0 bridgehead atoms. The van der Waals surface area contributed by atoms with Crippen LogP contribution in [0.25, 0.3) is 0 Å². The van der Waals surface area contributed by atoms with Crippen molar-refractivity contribution in [1.82, 2.24) is 9.80 Å². The van der Waals surface area contributed by atoms with Crippen LogP contribution in [0.2, 0.25) is 0 Å². The molecule has 4 rings (SSSR count). The Kier molecular flexibility index (Phi) is 9.75. The molecule has 6 heteroatoms. The number of piperidine rings is 2. The van der Waals surface area contributed by atoms with Crippen LogP contribution < -0.4 is 10.6 Å². The van der Waals surface area contributed by atoms with Gasteiger partial charge in [-0.25, -0.2) is 0 Å². The number of carbonyl (C=O) groups excluding carboxylic acids is 2. The maximum absolute atomic E-state index is 13.2. The Morgan fingerprint density at radius 3 is 1.42 bits per heavy atom. The molecule has 6 nitrogen and oxygen atoms in total. The van der Waals surface area contributed by atoms with Crippen molar-refractivity contribution in [2.45, 2.75) is 78.3 Å². The highest BCUT2D eigenvalue weighted by Crippen LogP contribution is 2.25. The summed E-state index contributed by atoms with van der Waals surface area (Å²) >= 11 is 0. The van der Waals surface area contributed by atoms with Crippen LogP contribution in [0.3, 0.4) is 0 Å². The average Bonchev–Trinajstić information content (AvgIpc) is 2.91. The normalized spacial score (nSPS) is 20.9.